The molecule has 1 unspecified atom stereocenters. The molecule has 0 aliphatic carbocycles. The largest absolute Gasteiger partial charge is 0.324 e. The first kappa shape index (κ1) is 13.6. The van der Waals surface area contributed by atoms with Crippen molar-refractivity contribution in [2.45, 2.75) is 26.3 Å². The predicted octanol–water partition coefficient (Wildman–Crippen LogP) is 4.15. The molecule has 2 aromatic carbocycles. The summed E-state index contributed by atoms with van der Waals surface area (Å²) in [6, 6.07) is 15.0. The molecule has 2 N–H and O–H groups in total. The van der Waals surface area contributed by atoms with Gasteiger partial charge in [0.2, 0.25) is 0 Å². The zero-order valence-electron chi connectivity index (χ0n) is 10.8. The zero-order valence-corrected chi connectivity index (χ0v) is 12.9. The topological polar surface area (TPSA) is 26.0 Å². The second kappa shape index (κ2) is 5.85. The summed E-state index contributed by atoms with van der Waals surface area (Å²) in [6.45, 7) is 4.27. The molecule has 2 heteroatoms. The van der Waals surface area contributed by atoms with E-state index in [1.165, 1.54) is 25.8 Å². The summed E-state index contributed by atoms with van der Waals surface area (Å²) in [6.07, 6.45) is 0.891. The third-order valence-corrected chi connectivity index (χ3v) is 4.02. The van der Waals surface area contributed by atoms with Crippen LogP contribution in [0.25, 0.3) is 0 Å². The molecule has 0 heterocycles. The van der Waals surface area contributed by atoms with Crippen LogP contribution in [0.3, 0.4) is 0 Å². The number of halogens is 1. The zero-order chi connectivity index (χ0) is 13.1. The molecule has 0 saturated heterocycles. The Morgan fingerprint density at radius 1 is 1.06 bits per heavy atom. The Bertz CT molecular complexity index is 528. The van der Waals surface area contributed by atoms with Crippen molar-refractivity contribution < 1.29 is 0 Å². The highest BCUT2D eigenvalue weighted by Crippen LogP contribution is 2.22. The fourth-order valence-electron chi connectivity index (χ4n) is 2.33. The molecule has 94 valence electrons. The molecule has 2 rings (SSSR count). The number of nitrogens with two attached hydrogens (primary N) is 1. The Morgan fingerprint density at radius 3 is 2.28 bits per heavy atom. The van der Waals surface area contributed by atoms with Gasteiger partial charge in [-0.1, -0.05) is 47.5 Å². The minimum Gasteiger partial charge on any atom is -0.324 e. The third-order valence-electron chi connectivity index (χ3n) is 3.04. The maximum absolute atomic E-state index is 6.32. The van der Waals surface area contributed by atoms with E-state index in [1.807, 2.05) is 0 Å². The first-order chi connectivity index (χ1) is 8.56. The molecule has 0 bridgehead atoms. The lowest BCUT2D eigenvalue weighted by molar-refractivity contribution is 0.717. The Kier molecular flexibility index (Phi) is 4.40. The molecular weight excluding hydrogens is 333 g/mol. The average molecular weight is 351 g/mol. The van der Waals surface area contributed by atoms with Crippen LogP contribution >= 0.6 is 22.6 Å². The second-order valence-corrected chi connectivity index (χ2v) is 5.99. The Labute approximate surface area is 123 Å². The van der Waals surface area contributed by atoms with Crippen molar-refractivity contribution in [2.24, 2.45) is 5.73 Å². The molecule has 0 aliphatic heterocycles. The first-order valence-corrected chi connectivity index (χ1v) is 7.21. The number of hydrogen-bond acceptors (Lipinski definition) is 1. The Hall–Kier alpha value is -0.870. The van der Waals surface area contributed by atoms with E-state index in [4.69, 9.17) is 5.73 Å². The lowest BCUT2D eigenvalue weighted by atomic mass is 9.97. The average Bonchev–Trinajstić information content (AvgIpc) is 2.27. The number of aryl methyl sites for hydroxylation is 2. The van der Waals surface area contributed by atoms with E-state index < -0.39 is 0 Å². The molecule has 2 aromatic rings. The van der Waals surface area contributed by atoms with Crippen molar-refractivity contribution in [3.05, 3.63) is 68.3 Å². The molecule has 0 saturated carbocycles. The lowest BCUT2D eigenvalue weighted by Gasteiger charge is -2.15. The quantitative estimate of drug-likeness (QED) is 0.826. The van der Waals surface area contributed by atoms with Crippen molar-refractivity contribution in [2.75, 3.05) is 0 Å². The van der Waals surface area contributed by atoms with E-state index in [0.717, 1.165) is 6.42 Å². The van der Waals surface area contributed by atoms with Crippen LogP contribution in [0.15, 0.2) is 42.5 Å². The normalized spacial score (nSPS) is 12.4. The van der Waals surface area contributed by atoms with Crippen molar-refractivity contribution >= 4 is 22.6 Å². The van der Waals surface area contributed by atoms with Gasteiger partial charge >= 0.3 is 0 Å². The summed E-state index contributed by atoms with van der Waals surface area (Å²) in [7, 11) is 0. The first-order valence-electron chi connectivity index (χ1n) is 6.13. The van der Waals surface area contributed by atoms with E-state index in [2.05, 4.69) is 78.9 Å². The van der Waals surface area contributed by atoms with Gasteiger partial charge in [-0.15, -0.1) is 0 Å². The molecule has 0 amide bonds. The van der Waals surface area contributed by atoms with Gasteiger partial charge in [0.25, 0.3) is 0 Å². The highest BCUT2D eigenvalue weighted by molar-refractivity contribution is 14.1. The number of hydrogen-bond donors (Lipinski definition) is 1. The molecule has 18 heavy (non-hydrogen) atoms. The van der Waals surface area contributed by atoms with Crippen molar-refractivity contribution in [3.8, 4) is 0 Å². The maximum atomic E-state index is 6.32. The number of benzene rings is 2. The summed E-state index contributed by atoms with van der Waals surface area (Å²) < 4.78 is 1.24. The maximum Gasteiger partial charge on any atom is 0.0346 e. The monoisotopic (exact) mass is 351 g/mol. The van der Waals surface area contributed by atoms with Crippen LogP contribution in [0, 0.1) is 17.4 Å². The highest BCUT2D eigenvalue weighted by atomic mass is 127. The Morgan fingerprint density at radius 2 is 1.67 bits per heavy atom. The van der Waals surface area contributed by atoms with Crippen LogP contribution in [0.5, 0.6) is 0 Å². The summed E-state index contributed by atoms with van der Waals surface area (Å²) in [4.78, 5) is 0. The van der Waals surface area contributed by atoms with Crippen molar-refractivity contribution in [3.63, 3.8) is 0 Å². The van der Waals surface area contributed by atoms with E-state index in [0.29, 0.717) is 0 Å². The summed E-state index contributed by atoms with van der Waals surface area (Å²) >= 11 is 2.35. The fraction of sp³-hybridized carbons (Fsp3) is 0.250. The molecule has 0 spiro atoms. The fourth-order valence-corrected chi connectivity index (χ4v) is 3.11. The summed E-state index contributed by atoms with van der Waals surface area (Å²) in [5.74, 6) is 0. The molecule has 1 nitrogen and oxygen atoms in total. The van der Waals surface area contributed by atoms with Gasteiger partial charge in [-0.2, -0.15) is 0 Å². The smallest absolute Gasteiger partial charge is 0.0346 e. The van der Waals surface area contributed by atoms with Gasteiger partial charge in [0.15, 0.2) is 0 Å². The molecule has 1 atom stereocenters. The van der Waals surface area contributed by atoms with Gasteiger partial charge in [-0.25, -0.2) is 0 Å². The lowest BCUT2D eigenvalue weighted by Crippen LogP contribution is -2.14. The molecule has 0 aliphatic rings. The van der Waals surface area contributed by atoms with E-state index in [-0.39, 0.29) is 6.04 Å². The summed E-state index contributed by atoms with van der Waals surface area (Å²) in [5, 5.41) is 0. The van der Waals surface area contributed by atoms with E-state index >= 15 is 0 Å². The molecule has 0 fully saturated rings. The van der Waals surface area contributed by atoms with Gasteiger partial charge < -0.3 is 5.73 Å². The molecule has 0 radical (unpaired) electrons. The predicted molar refractivity (Wildman–Crippen MR) is 85.7 cm³/mol. The highest BCUT2D eigenvalue weighted by Gasteiger charge is 2.10. The van der Waals surface area contributed by atoms with Crippen LogP contribution in [-0.4, -0.2) is 0 Å². The molecule has 0 aromatic heterocycles. The SMILES string of the molecule is Cc1cc(C)cc(CC(N)c2ccccc2I)c1. The van der Waals surface area contributed by atoms with Gasteiger partial charge in [-0.05, 0) is 60.1 Å². The Balaban J connectivity index is 2.21. The van der Waals surface area contributed by atoms with Crippen LogP contribution < -0.4 is 5.73 Å². The second-order valence-electron chi connectivity index (χ2n) is 4.83. The van der Waals surface area contributed by atoms with Crippen LogP contribution in [-0.2, 0) is 6.42 Å². The van der Waals surface area contributed by atoms with E-state index in [1.54, 1.807) is 0 Å². The van der Waals surface area contributed by atoms with Crippen molar-refractivity contribution in [1.29, 1.82) is 0 Å². The van der Waals surface area contributed by atoms with E-state index in [9.17, 15) is 0 Å². The van der Waals surface area contributed by atoms with Gasteiger partial charge in [-0.3, -0.25) is 0 Å². The standard InChI is InChI=1S/C16H18IN/c1-11-7-12(2)9-13(8-11)10-16(18)14-5-3-4-6-15(14)17/h3-9,16H,10,18H2,1-2H3. The minimum absolute atomic E-state index is 0.0688. The molecular formula is C16H18IN. The van der Waals surface area contributed by atoms with Crippen LogP contribution in [0.2, 0.25) is 0 Å². The summed E-state index contributed by atoms with van der Waals surface area (Å²) in [5.41, 5.74) is 11.5. The van der Waals surface area contributed by atoms with Gasteiger partial charge in [0.05, 0.1) is 0 Å². The number of rotatable bonds is 3. The van der Waals surface area contributed by atoms with Gasteiger partial charge in [0.1, 0.15) is 0 Å². The van der Waals surface area contributed by atoms with Crippen LogP contribution in [0.1, 0.15) is 28.3 Å². The van der Waals surface area contributed by atoms with Crippen LogP contribution in [0.4, 0.5) is 0 Å². The third kappa shape index (κ3) is 3.33. The van der Waals surface area contributed by atoms with Gasteiger partial charge in [0, 0.05) is 9.61 Å². The minimum atomic E-state index is 0.0688. The van der Waals surface area contributed by atoms with Crippen molar-refractivity contribution in [1.82, 2.24) is 0 Å².